The van der Waals surface area contributed by atoms with E-state index >= 15 is 0 Å². The standard InChI is InChI=1S/C22H19N3O3/c1-3-11-28-17-9-7-15(8-10-17)19-13-20(26)24-22-21(19)23-14-25(22)16-5-4-6-18(12-16)27-2/h1,4-10,12,14,19H,11,13H2,2H3,(H,24,26)/t19-/m0/s1. The van der Waals surface area contributed by atoms with Crippen LogP contribution >= 0.6 is 0 Å². The van der Waals surface area contributed by atoms with E-state index in [4.69, 9.17) is 15.9 Å². The third-order valence-corrected chi connectivity index (χ3v) is 4.71. The minimum Gasteiger partial charge on any atom is -0.497 e. The molecule has 0 unspecified atom stereocenters. The highest BCUT2D eigenvalue weighted by Gasteiger charge is 2.31. The maximum atomic E-state index is 12.4. The predicted octanol–water partition coefficient (Wildman–Crippen LogP) is 3.37. The Balaban J connectivity index is 1.69. The van der Waals surface area contributed by atoms with Crippen LogP contribution in [0.4, 0.5) is 5.82 Å². The lowest BCUT2D eigenvalue weighted by Crippen LogP contribution is -2.24. The lowest BCUT2D eigenvalue weighted by Gasteiger charge is -2.23. The lowest BCUT2D eigenvalue weighted by atomic mass is 9.90. The SMILES string of the molecule is C#CCOc1ccc([C@@H]2CC(=O)Nc3c2ncn3-c2cccc(OC)c2)cc1. The number of anilines is 1. The van der Waals surface area contributed by atoms with E-state index in [1.54, 1.807) is 13.4 Å². The van der Waals surface area contributed by atoms with Gasteiger partial charge in [0.1, 0.15) is 30.3 Å². The van der Waals surface area contributed by atoms with E-state index in [0.29, 0.717) is 18.0 Å². The number of hydrogen-bond acceptors (Lipinski definition) is 4. The molecule has 1 N–H and O–H groups in total. The minimum atomic E-state index is -0.128. The Morgan fingerprint density at radius 2 is 2.07 bits per heavy atom. The number of methoxy groups -OCH3 is 1. The van der Waals surface area contributed by atoms with Gasteiger partial charge in [0.05, 0.1) is 18.5 Å². The van der Waals surface area contributed by atoms with Crippen molar-refractivity contribution in [1.29, 1.82) is 0 Å². The number of ether oxygens (including phenoxy) is 2. The van der Waals surface area contributed by atoms with Crippen LogP contribution in [-0.4, -0.2) is 29.2 Å². The van der Waals surface area contributed by atoms with Gasteiger partial charge < -0.3 is 14.8 Å². The van der Waals surface area contributed by atoms with Crippen molar-refractivity contribution >= 4 is 11.7 Å². The minimum absolute atomic E-state index is 0.0465. The van der Waals surface area contributed by atoms with Gasteiger partial charge in [0.2, 0.25) is 5.91 Å². The molecule has 0 radical (unpaired) electrons. The van der Waals surface area contributed by atoms with Crippen LogP contribution in [-0.2, 0) is 4.79 Å². The average molecular weight is 373 g/mol. The number of carbonyl (C=O) groups is 1. The molecule has 4 rings (SSSR count). The van der Waals surface area contributed by atoms with Crippen LogP contribution in [0.3, 0.4) is 0 Å². The summed E-state index contributed by atoms with van der Waals surface area (Å²) in [7, 11) is 1.62. The van der Waals surface area contributed by atoms with Crippen LogP contribution in [0.2, 0.25) is 0 Å². The molecule has 0 spiro atoms. The highest BCUT2D eigenvalue weighted by molar-refractivity contribution is 5.94. The Kier molecular flexibility index (Phi) is 4.73. The fraction of sp³-hybridized carbons (Fsp3) is 0.182. The molecule has 0 saturated carbocycles. The van der Waals surface area contributed by atoms with Gasteiger partial charge in [-0.3, -0.25) is 9.36 Å². The summed E-state index contributed by atoms with van der Waals surface area (Å²) in [6, 6.07) is 15.2. The van der Waals surface area contributed by atoms with E-state index in [9.17, 15) is 4.79 Å². The maximum Gasteiger partial charge on any atom is 0.226 e. The summed E-state index contributed by atoms with van der Waals surface area (Å²) in [6.45, 7) is 0.222. The molecule has 0 aliphatic carbocycles. The van der Waals surface area contributed by atoms with Crippen molar-refractivity contribution in [3.63, 3.8) is 0 Å². The van der Waals surface area contributed by atoms with Crippen molar-refractivity contribution in [3.05, 3.63) is 66.1 Å². The van der Waals surface area contributed by atoms with Crippen molar-refractivity contribution in [2.75, 3.05) is 19.0 Å². The Bertz CT molecular complexity index is 1050. The molecule has 1 aliphatic rings. The molecule has 0 saturated heterocycles. The number of benzene rings is 2. The summed E-state index contributed by atoms with van der Waals surface area (Å²) < 4.78 is 12.6. The number of imidazole rings is 1. The van der Waals surface area contributed by atoms with Crippen LogP contribution in [0, 0.1) is 12.3 Å². The molecular formula is C22H19N3O3. The zero-order chi connectivity index (χ0) is 19.5. The van der Waals surface area contributed by atoms with Crippen LogP contribution in [0.5, 0.6) is 11.5 Å². The van der Waals surface area contributed by atoms with E-state index < -0.39 is 0 Å². The van der Waals surface area contributed by atoms with E-state index in [1.807, 2.05) is 53.1 Å². The third kappa shape index (κ3) is 3.30. The third-order valence-electron chi connectivity index (χ3n) is 4.71. The predicted molar refractivity (Wildman–Crippen MR) is 106 cm³/mol. The lowest BCUT2D eigenvalue weighted by molar-refractivity contribution is -0.116. The largest absolute Gasteiger partial charge is 0.497 e. The van der Waals surface area contributed by atoms with Crippen LogP contribution in [0.1, 0.15) is 23.6 Å². The van der Waals surface area contributed by atoms with Crippen molar-refractivity contribution in [2.45, 2.75) is 12.3 Å². The number of amides is 1. The molecule has 1 atom stereocenters. The summed E-state index contributed by atoms with van der Waals surface area (Å²) >= 11 is 0. The van der Waals surface area contributed by atoms with Gasteiger partial charge in [0.25, 0.3) is 0 Å². The molecule has 1 aromatic heterocycles. The first-order chi connectivity index (χ1) is 13.7. The van der Waals surface area contributed by atoms with Crippen LogP contribution in [0.15, 0.2) is 54.9 Å². The van der Waals surface area contributed by atoms with Gasteiger partial charge in [0, 0.05) is 18.4 Å². The topological polar surface area (TPSA) is 65.4 Å². The Labute approximate surface area is 163 Å². The van der Waals surface area contributed by atoms with Gasteiger partial charge in [-0.25, -0.2) is 4.98 Å². The smallest absolute Gasteiger partial charge is 0.226 e. The summed E-state index contributed by atoms with van der Waals surface area (Å²) in [5, 5.41) is 2.96. The number of carbonyl (C=O) groups excluding carboxylic acids is 1. The normalized spacial score (nSPS) is 15.3. The second kappa shape index (κ2) is 7.49. The fourth-order valence-electron chi connectivity index (χ4n) is 3.36. The van der Waals surface area contributed by atoms with Crippen molar-refractivity contribution in [1.82, 2.24) is 9.55 Å². The van der Waals surface area contributed by atoms with E-state index in [-0.39, 0.29) is 18.4 Å². The van der Waals surface area contributed by atoms with E-state index in [0.717, 1.165) is 22.7 Å². The summed E-state index contributed by atoms with van der Waals surface area (Å²) in [6.07, 6.45) is 7.29. The van der Waals surface area contributed by atoms with Gasteiger partial charge in [-0.1, -0.05) is 24.1 Å². The van der Waals surface area contributed by atoms with Crippen molar-refractivity contribution < 1.29 is 14.3 Å². The highest BCUT2D eigenvalue weighted by atomic mass is 16.5. The molecule has 3 aromatic rings. The maximum absolute atomic E-state index is 12.4. The zero-order valence-corrected chi connectivity index (χ0v) is 15.4. The molecule has 6 nitrogen and oxygen atoms in total. The zero-order valence-electron chi connectivity index (χ0n) is 15.4. The van der Waals surface area contributed by atoms with Gasteiger partial charge in [-0.15, -0.1) is 6.42 Å². The van der Waals surface area contributed by atoms with Gasteiger partial charge in [-0.05, 0) is 29.8 Å². The van der Waals surface area contributed by atoms with Crippen LogP contribution in [0.25, 0.3) is 5.69 Å². The van der Waals surface area contributed by atoms with E-state index in [1.165, 1.54) is 0 Å². The first-order valence-electron chi connectivity index (χ1n) is 8.87. The molecular weight excluding hydrogens is 354 g/mol. The highest BCUT2D eigenvalue weighted by Crippen LogP contribution is 2.38. The van der Waals surface area contributed by atoms with E-state index in [2.05, 4.69) is 16.2 Å². The average Bonchev–Trinajstić information content (AvgIpc) is 3.16. The number of aromatic nitrogens is 2. The number of nitrogens with one attached hydrogen (secondary N) is 1. The van der Waals surface area contributed by atoms with Gasteiger partial charge in [0.15, 0.2) is 0 Å². The van der Waals surface area contributed by atoms with Gasteiger partial charge in [-0.2, -0.15) is 0 Å². The number of hydrogen-bond donors (Lipinski definition) is 1. The molecule has 140 valence electrons. The molecule has 0 fully saturated rings. The molecule has 2 heterocycles. The summed E-state index contributed by atoms with van der Waals surface area (Å²) in [4.78, 5) is 17.0. The molecule has 2 aromatic carbocycles. The summed E-state index contributed by atoms with van der Waals surface area (Å²) in [5.41, 5.74) is 2.70. The first-order valence-corrected chi connectivity index (χ1v) is 8.87. The molecule has 28 heavy (non-hydrogen) atoms. The number of terminal acetylenes is 1. The molecule has 6 heteroatoms. The van der Waals surface area contributed by atoms with Crippen molar-refractivity contribution in [3.8, 4) is 29.5 Å². The molecule has 0 bridgehead atoms. The Morgan fingerprint density at radius 1 is 1.25 bits per heavy atom. The Hall–Kier alpha value is -3.72. The Morgan fingerprint density at radius 3 is 2.82 bits per heavy atom. The van der Waals surface area contributed by atoms with Crippen LogP contribution < -0.4 is 14.8 Å². The molecule has 1 amide bonds. The number of fused-ring (bicyclic) bond motifs is 1. The number of rotatable bonds is 5. The van der Waals surface area contributed by atoms with Crippen molar-refractivity contribution in [2.24, 2.45) is 0 Å². The fourth-order valence-corrected chi connectivity index (χ4v) is 3.36. The first kappa shape index (κ1) is 17.7. The quantitative estimate of drug-likeness (QED) is 0.697. The second-order valence-corrected chi connectivity index (χ2v) is 6.42. The molecule has 1 aliphatic heterocycles. The second-order valence-electron chi connectivity index (χ2n) is 6.42. The number of nitrogens with zero attached hydrogens (tertiary/aromatic N) is 2. The summed E-state index contributed by atoms with van der Waals surface area (Å²) in [5.74, 6) is 4.39. The van der Waals surface area contributed by atoms with Gasteiger partial charge >= 0.3 is 0 Å². The monoisotopic (exact) mass is 373 g/mol.